The van der Waals surface area contributed by atoms with Crippen molar-refractivity contribution in [2.45, 2.75) is 18.4 Å². The van der Waals surface area contributed by atoms with Gasteiger partial charge in [-0.1, -0.05) is 6.07 Å². The summed E-state index contributed by atoms with van der Waals surface area (Å²) in [7, 11) is 0. The van der Waals surface area contributed by atoms with Crippen molar-refractivity contribution in [2.75, 3.05) is 5.32 Å². The minimum atomic E-state index is -2.82. The van der Waals surface area contributed by atoms with Crippen LogP contribution in [0.5, 0.6) is 5.75 Å². The average Bonchev–Trinajstić information content (AvgIpc) is 3.15. The van der Waals surface area contributed by atoms with E-state index in [-0.39, 0.29) is 17.9 Å². The van der Waals surface area contributed by atoms with Gasteiger partial charge in [0, 0.05) is 5.69 Å². The van der Waals surface area contributed by atoms with E-state index >= 15 is 0 Å². The number of ether oxygens (including phenoxy) is 1. The molecule has 0 bridgehead atoms. The summed E-state index contributed by atoms with van der Waals surface area (Å²) in [5.41, 5.74) is -0.657. The van der Waals surface area contributed by atoms with Crippen molar-refractivity contribution in [1.82, 2.24) is 5.32 Å². The molecule has 0 saturated heterocycles. The first-order valence-electron chi connectivity index (χ1n) is 7.47. The van der Waals surface area contributed by atoms with Crippen LogP contribution in [0.2, 0.25) is 0 Å². The monoisotopic (exact) mass is 368 g/mol. The van der Waals surface area contributed by atoms with Gasteiger partial charge in [-0.25, -0.2) is 22.4 Å². The fourth-order valence-electron chi connectivity index (χ4n) is 2.14. The maximum atomic E-state index is 13.5. The number of hydrogen-bond acceptors (Lipinski definition) is 3. The third-order valence-corrected chi connectivity index (χ3v) is 3.58. The van der Waals surface area contributed by atoms with E-state index in [1.165, 1.54) is 24.3 Å². The van der Waals surface area contributed by atoms with Crippen molar-refractivity contribution < 1.29 is 31.9 Å². The second-order valence-corrected chi connectivity index (χ2v) is 5.60. The Hall–Kier alpha value is -3.10. The Kier molecular flexibility index (Phi) is 4.54. The van der Waals surface area contributed by atoms with Crippen LogP contribution in [0.15, 0.2) is 42.5 Å². The van der Waals surface area contributed by atoms with Gasteiger partial charge < -0.3 is 10.1 Å². The molecule has 0 heterocycles. The molecule has 1 unspecified atom stereocenters. The molecular formula is C17H12F4N2O3. The molecule has 2 N–H and O–H groups in total. The summed E-state index contributed by atoms with van der Waals surface area (Å²) in [6.07, 6.45) is -1.50. The van der Waals surface area contributed by atoms with E-state index in [1.807, 2.05) is 0 Å². The highest BCUT2D eigenvalue weighted by atomic mass is 19.3. The number of imide groups is 1. The second-order valence-electron chi connectivity index (χ2n) is 5.60. The molecule has 0 aliphatic heterocycles. The zero-order valence-electron chi connectivity index (χ0n) is 13.1. The number of anilines is 1. The molecule has 0 aromatic heterocycles. The fourth-order valence-corrected chi connectivity index (χ4v) is 2.14. The summed E-state index contributed by atoms with van der Waals surface area (Å²) in [4.78, 5) is 23.5. The first-order valence-corrected chi connectivity index (χ1v) is 7.47. The highest BCUT2D eigenvalue weighted by Gasteiger charge is 2.59. The molecule has 0 spiro atoms. The van der Waals surface area contributed by atoms with Crippen molar-refractivity contribution in [2.24, 2.45) is 0 Å². The summed E-state index contributed by atoms with van der Waals surface area (Å²) >= 11 is 0. The standard InChI is InChI=1S/C17H12F4N2O3/c18-11-2-1-3-12(19)14(11)15(24)23-16(25)22-9-4-6-10(7-5-9)26-13-8-17(13,20)21/h1-7,13H,8H2,(H2,22,23,24,25). The van der Waals surface area contributed by atoms with Crippen LogP contribution in [0.25, 0.3) is 0 Å². The maximum Gasteiger partial charge on any atom is 0.326 e. The Morgan fingerprint density at radius 1 is 1.04 bits per heavy atom. The van der Waals surface area contributed by atoms with Crippen LogP contribution < -0.4 is 15.4 Å². The van der Waals surface area contributed by atoms with Gasteiger partial charge in [0.15, 0.2) is 6.10 Å². The van der Waals surface area contributed by atoms with Crippen LogP contribution in [0, 0.1) is 11.6 Å². The Bertz CT molecular complexity index is 835. The summed E-state index contributed by atoms with van der Waals surface area (Å²) in [5, 5.41) is 4.07. The lowest BCUT2D eigenvalue weighted by atomic mass is 10.2. The molecule has 5 nitrogen and oxygen atoms in total. The number of benzene rings is 2. The second kappa shape index (κ2) is 6.66. The zero-order valence-corrected chi connectivity index (χ0v) is 13.1. The molecule has 1 aliphatic carbocycles. The van der Waals surface area contributed by atoms with Crippen molar-refractivity contribution in [3.63, 3.8) is 0 Å². The average molecular weight is 368 g/mol. The highest BCUT2D eigenvalue weighted by Crippen LogP contribution is 2.44. The summed E-state index contributed by atoms with van der Waals surface area (Å²) in [6, 6.07) is 7.30. The zero-order chi connectivity index (χ0) is 18.9. The molecule has 1 saturated carbocycles. The molecular weight excluding hydrogens is 356 g/mol. The molecule has 9 heteroatoms. The highest BCUT2D eigenvalue weighted by molar-refractivity contribution is 6.08. The minimum absolute atomic E-state index is 0.197. The molecule has 3 amide bonds. The molecule has 1 atom stereocenters. The van der Waals surface area contributed by atoms with Gasteiger partial charge in [-0.2, -0.15) is 0 Å². The van der Waals surface area contributed by atoms with Crippen LogP contribution >= 0.6 is 0 Å². The van der Waals surface area contributed by atoms with Crippen LogP contribution in [0.1, 0.15) is 16.8 Å². The number of urea groups is 1. The van der Waals surface area contributed by atoms with E-state index < -0.39 is 41.2 Å². The lowest BCUT2D eigenvalue weighted by Crippen LogP contribution is -2.35. The molecule has 136 valence electrons. The number of hydrogen-bond donors (Lipinski definition) is 2. The largest absolute Gasteiger partial charge is 0.484 e. The van der Waals surface area contributed by atoms with Gasteiger partial charge in [0.2, 0.25) is 0 Å². The predicted molar refractivity (Wildman–Crippen MR) is 83.3 cm³/mol. The van der Waals surface area contributed by atoms with Crippen molar-refractivity contribution >= 4 is 17.6 Å². The van der Waals surface area contributed by atoms with Gasteiger partial charge in [-0.05, 0) is 36.4 Å². The van der Waals surface area contributed by atoms with E-state index in [1.54, 1.807) is 5.32 Å². The molecule has 26 heavy (non-hydrogen) atoms. The molecule has 1 fully saturated rings. The lowest BCUT2D eigenvalue weighted by molar-refractivity contribution is 0.0665. The molecule has 1 aliphatic rings. The molecule has 2 aromatic carbocycles. The molecule has 2 aromatic rings. The van der Waals surface area contributed by atoms with Gasteiger partial charge in [0.25, 0.3) is 11.8 Å². The van der Waals surface area contributed by atoms with Crippen LogP contribution in [-0.2, 0) is 0 Å². The van der Waals surface area contributed by atoms with E-state index in [4.69, 9.17) is 4.74 Å². The first kappa shape index (κ1) is 17.7. The van der Waals surface area contributed by atoms with Crippen molar-refractivity contribution in [3.8, 4) is 5.75 Å². The van der Waals surface area contributed by atoms with E-state index in [0.717, 1.165) is 18.2 Å². The summed E-state index contributed by atoms with van der Waals surface area (Å²) < 4.78 is 57.6. The third-order valence-electron chi connectivity index (χ3n) is 3.58. The molecule has 3 rings (SSSR count). The Labute approximate surface area is 145 Å². The topological polar surface area (TPSA) is 67.4 Å². The van der Waals surface area contributed by atoms with Crippen molar-refractivity contribution in [3.05, 3.63) is 59.7 Å². The minimum Gasteiger partial charge on any atom is -0.484 e. The van der Waals surface area contributed by atoms with Gasteiger partial charge >= 0.3 is 6.03 Å². The number of carbonyl (C=O) groups is 2. The Balaban J connectivity index is 1.57. The Morgan fingerprint density at radius 3 is 2.15 bits per heavy atom. The van der Waals surface area contributed by atoms with E-state index in [0.29, 0.717) is 0 Å². The smallest absolute Gasteiger partial charge is 0.326 e. The van der Waals surface area contributed by atoms with Gasteiger partial charge in [-0.15, -0.1) is 0 Å². The van der Waals surface area contributed by atoms with E-state index in [9.17, 15) is 27.2 Å². The SMILES string of the molecule is O=C(NC(=O)c1c(F)cccc1F)Nc1ccc(OC2CC2(F)F)cc1. The molecule has 0 radical (unpaired) electrons. The fraction of sp³-hybridized carbons (Fsp3) is 0.176. The number of rotatable bonds is 4. The number of carbonyl (C=O) groups excluding carboxylic acids is 2. The quantitative estimate of drug-likeness (QED) is 0.809. The maximum absolute atomic E-state index is 13.5. The van der Waals surface area contributed by atoms with Crippen LogP contribution in [-0.4, -0.2) is 24.0 Å². The first-order chi connectivity index (χ1) is 12.3. The number of halogens is 4. The number of nitrogens with one attached hydrogen (secondary N) is 2. The number of amides is 3. The van der Waals surface area contributed by atoms with Gasteiger partial charge in [0.1, 0.15) is 22.9 Å². The predicted octanol–water partition coefficient (Wildman–Crippen LogP) is 3.71. The van der Waals surface area contributed by atoms with Gasteiger partial charge in [-0.3, -0.25) is 10.1 Å². The summed E-state index contributed by atoms with van der Waals surface area (Å²) in [6.45, 7) is 0. The Morgan fingerprint density at radius 2 is 1.62 bits per heavy atom. The third kappa shape index (κ3) is 3.93. The van der Waals surface area contributed by atoms with E-state index in [2.05, 4.69) is 5.32 Å². The van der Waals surface area contributed by atoms with Crippen LogP contribution in [0.3, 0.4) is 0 Å². The number of alkyl halides is 2. The normalized spacial score (nSPS) is 17.3. The van der Waals surface area contributed by atoms with Crippen LogP contribution in [0.4, 0.5) is 28.0 Å². The van der Waals surface area contributed by atoms with Crippen molar-refractivity contribution in [1.29, 1.82) is 0 Å². The summed E-state index contributed by atoms with van der Waals surface area (Å²) in [5.74, 6) is -6.07. The van der Waals surface area contributed by atoms with Gasteiger partial charge in [0.05, 0.1) is 6.42 Å². The lowest BCUT2D eigenvalue weighted by Gasteiger charge is -2.09.